The molecule has 0 fully saturated rings. The lowest BCUT2D eigenvalue weighted by Crippen LogP contribution is -2.30. The van der Waals surface area contributed by atoms with Crippen LogP contribution in [-0.4, -0.2) is 28.9 Å². The van der Waals surface area contributed by atoms with Gasteiger partial charge in [-0.1, -0.05) is 19.1 Å². The molecule has 17 heavy (non-hydrogen) atoms. The molecule has 3 N–H and O–H groups in total. The van der Waals surface area contributed by atoms with Crippen LogP contribution in [0, 0.1) is 0 Å². The standard InChI is InChI=1S/C14H23NO2/c1-3-13(16)8-9-15-11(2)10-12-4-6-14(17)7-5-12/h4-7,11,13,15-17H,3,8-10H2,1-2H3. The monoisotopic (exact) mass is 237 g/mol. The SMILES string of the molecule is CCC(O)CCNC(C)Cc1ccc(O)cc1. The molecule has 2 unspecified atom stereocenters. The Labute approximate surface area is 103 Å². The first-order valence-corrected chi connectivity index (χ1v) is 6.31. The van der Waals surface area contributed by atoms with Crippen molar-refractivity contribution in [1.29, 1.82) is 0 Å². The fourth-order valence-electron chi connectivity index (χ4n) is 1.76. The quantitative estimate of drug-likeness (QED) is 0.680. The first-order chi connectivity index (χ1) is 8.11. The Bertz CT molecular complexity index is 311. The summed E-state index contributed by atoms with van der Waals surface area (Å²) in [4.78, 5) is 0. The van der Waals surface area contributed by atoms with Gasteiger partial charge < -0.3 is 15.5 Å². The molecule has 0 aliphatic heterocycles. The molecule has 3 heteroatoms. The molecule has 0 spiro atoms. The molecule has 0 radical (unpaired) electrons. The number of hydrogen-bond donors (Lipinski definition) is 3. The van der Waals surface area contributed by atoms with Crippen molar-refractivity contribution >= 4 is 0 Å². The highest BCUT2D eigenvalue weighted by atomic mass is 16.3. The van der Waals surface area contributed by atoms with E-state index in [0.717, 1.165) is 25.8 Å². The molecule has 3 nitrogen and oxygen atoms in total. The molecular formula is C14H23NO2. The van der Waals surface area contributed by atoms with E-state index in [2.05, 4.69) is 12.2 Å². The van der Waals surface area contributed by atoms with Crippen LogP contribution in [0.2, 0.25) is 0 Å². The Morgan fingerprint density at radius 1 is 1.24 bits per heavy atom. The minimum absolute atomic E-state index is 0.191. The normalized spacial score (nSPS) is 14.5. The molecule has 1 aromatic rings. The van der Waals surface area contributed by atoms with E-state index < -0.39 is 0 Å². The molecule has 0 amide bonds. The largest absolute Gasteiger partial charge is 0.508 e. The molecule has 0 saturated carbocycles. The highest BCUT2D eigenvalue weighted by Crippen LogP contribution is 2.11. The van der Waals surface area contributed by atoms with E-state index >= 15 is 0 Å². The maximum atomic E-state index is 9.42. The molecule has 2 atom stereocenters. The number of aliphatic hydroxyl groups is 1. The number of benzene rings is 1. The van der Waals surface area contributed by atoms with E-state index in [9.17, 15) is 10.2 Å². The Morgan fingerprint density at radius 3 is 2.47 bits per heavy atom. The van der Waals surface area contributed by atoms with E-state index in [1.807, 2.05) is 19.1 Å². The van der Waals surface area contributed by atoms with Crippen LogP contribution in [-0.2, 0) is 6.42 Å². The third kappa shape index (κ3) is 5.71. The molecule has 0 bridgehead atoms. The van der Waals surface area contributed by atoms with Gasteiger partial charge in [0.25, 0.3) is 0 Å². The van der Waals surface area contributed by atoms with Gasteiger partial charge in [-0.2, -0.15) is 0 Å². The van der Waals surface area contributed by atoms with Crippen molar-refractivity contribution < 1.29 is 10.2 Å². The number of aliphatic hydroxyl groups excluding tert-OH is 1. The van der Waals surface area contributed by atoms with Crippen LogP contribution >= 0.6 is 0 Å². The smallest absolute Gasteiger partial charge is 0.115 e. The number of rotatable bonds is 7. The summed E-state index contributed by atoms with van der Waals surface area (Å²) in [7, 11) is 0. The number of phenolic OH excluding ortho intramolecular Hbond substituents is 1. The van der Waals surface area contributed by atoms with Crippen LogP contribution < -0.4 is 5.32 Å². The maximum Gasteiger partial charge on any atom is 0.115 e. The fourth-order valence-corrected chi connectivity index (χ4v) is 1.76. The number of aromatic hydroxyl groups is 1. The summed E-state index contributed by atoms with van der Waals surface area (Å²) in [5.74, 6) is 0.306. The number of phenols is 1. The van der Waals surface area contributed by atoms with Crippen LogP contribution in [0.5, 0.6) is 5.75 Å². The lowest BCUT2D eigenvalue weighted by atomic mass is 10.1. The summed E-state index contributed by atoms with van der Waals surface area (Å²) >= 11 is 0. The van der Waals surface area contributed by atoms with Crippen LogP contribution in [0.15, 0.2) is 24.3 Å². The maximum absolute atomic E-state index is 9.42. The van der Waals surface area contributed by atoms with E-state index in [4.69, 9.17) is 0 Å². The summed E-state index contributed by atoms with van der Waals surface area (Å²) in [5.41, 5.74) is 1.21. The zero-order chi connectivity index (χ0) is 12.7. The first kappa shape index (κ1) is 14.0. The van der Waals surface area contributed by atoms with Crippen molar-refractivity contribution in [3.8, 4) is 5.75 Å². The second-order valence-electron chi connectivity index (χ2n) is 4.58. The summed E-state index contributed by atoms with van der Waals surface area (Å²) in [5, 5.41) is 22.0. The van der Waals surface area contributed by atoms with Crippen molar-refractivity contribution in [3.05, 3.63) is 29.8 Å². The van der Waals surface area contributed by atoms with Gasteiger partial charge in [0.05, 0.1) is 6.10 Å². The van der Waals surface area contributed by atoms with Crippen molar-refractivity contribution in [2.24, 2.45) is 0 Å². The van der Waals surface area contributed by atoms with Gasteiger partial charge in [-0.3, -0.25) is 0 Å². The Balaban J connectivity index is 2.25. The Morgan fingerprint density at radius 2 is 1.88 bits per heavy atom. The average molecular weight is 237 g/mol. The summed E-state index contributed by atoms with van der Waals surface area (Å²) < 4.78 is 0. The zero-order valence-corrected chi connectivity index (χ0v) is 10.7. The predicted octanol–water partition coefficient (Wildman–Crippen LogP) is 2.07. The molecule has 96 valence electrons. The molecule has 0 heterocycles. The third-order valence-electron chi connectivity index (χ3n) is 2.92. The highest BCUT2D eigenvalue weighted by molar-refractivity contribution is 5.26. The topological polar surface area (TPSA) is 52.5 Å². The number of hydrogen-bond acceptors (Lipinski definition) is 3. The highest BCUT2D eigenvalue weighted by Gasteiger charge is 2.05. The van der Waals surface area contributed by atoms with Gasteiger partial charge in [0, 0.05) is 6.04 Å². The second kappa shape index (κ2) is 7.30. The molecular weight excluding hydrogens is 214 g/mol. The van der Waals surface area contributed by atoms with Gasteiger partial charge in [-0.15, -0.1) is 0 Å². The van der Waals surface area contributed by atoms with Crippen LogP contribution in [0.25, 0.3) is 0 Å². The van der Waals surface area contributed by atoms with Gasteiger partial charge in [-0.25, -0.2) is 0 Å². The molecule has 1 aromatic carbocycles. The molecule has 0 aliphatic rings. The van der Waals surface area contributed by atoms with Crippen molar-refractivity contribution in [3.63, 3.8) is 0 Å². The van der Waals surface area contributed by atoms with Crippen LogP contribution in [0.3, 0.4) is 0 Å². The van der Waals surface area contributed by atoms with Crippen molar-refractivity contribution in [2.75, 3.05) is 6.54 Å². The molecule has 0 aromatic heterocycles. The minimum atomic E-state index is -0.191. The van der Waals surface area contributed by atoms with Gasteiger partial charge >= 0.3 is 0 Å². The van der Waals surface area contributed by atoms with Crippen molar-refractivity contribution in [1.82, 2.24) is 5.32 Å². The van der Waals surface area contributed by atoms with E-state index in [1.165, 1.54) is 5.56 Å². The van der Waals surface area contributed by atoms with Crippen LogP contribution in [0.4, 0.5) is 0 Å². The fraction of sp³-hybridized carbons (Fsp3) is 0.571. The zero-order valence-electron chi connectivity index (χ0n) is 10.7. The predicted molar refractivity (Wildman–Crippen MR) is 70.2 cm³/mol. The second-order valence-corrected chi connectivity index (χ2v) is 4.58. The van der Waals surface area contributed by atoms with Gasteiger partial charge in [0.1, 0.15) is 5.75 Å². The van der Waals surface area contributed by atoms with Gasteiger partial charge in [-0.05, 0) is 50.4 Å². The average Bonchev–Trinajstić information content (AvgIpc) is 2.32. The summed E-state index contributed by atoms with van der Waals surface area (Å²) in [6, 6.07) is 7.68. The lowest BCUT2D eigenvalue weighted by Gasteiger charge is -2.15. The van der Waals surface area contributed by atoms with Crippen LogP contribution in [0.1, 0.15) is 32.3 Å². The summed E-state index contributed by atoms with van der Waals surface area (Å²) in [6.45, 7) is 4.96. The number of nitrogens with one attached hydrogen (secondary N) is 1. The Hall–Kier alpha value is -1.06. The molecule has 0 saturated heterocycles. The van der Waals surface area contributed by atoms with E-state index in [1.54, 1.807) is 12.1 Å². The minimum Gasteiger partial charge on any atom is -0.508 e. The Kier molecular flexibility index (Phi) is 6.01. The van der Waals surface area contributed by atoms with Crippen molar-refractivity contribution in [2.45, 2.75) is 45.3 Å². The van der Waals surface area contributed by atoms with Gasteiger partial charge in [0.15, 0.2) is 0 Å². The first-order valence-electron chi connectivity index (χ1n) is 6.31. The van der Waals surface area contributed by atoms with E-state index in [-0.39, 0.29) is 6.10 Å². The lowest BCUT2D eigenvalue weighted by molar-refractivity contribution is 0.159. The summed E-state index contributed by atoms with van der Waals surface area (Å²) in [6.07, 6.45) is 2.36. The molecule has 0 aliphatic carbocycles. The molecule has 1 rings (SSSR count). The third-order valence-corrected chi connectivity index (χ3v) is 2.92. The van der Waals surface area contributed by atoms with E-state index in [0.29, 0.717) is 11.8 Å². The van der Waals surface area contributed by atoms with Gasteiger partial charge in [0.2, 0.25) is 0 Å².